The van der Waals surface area contributed by atoms with Crippen molar-refractivity contribution in [2.45, 2.75) is 25.1 Å². The lowest BCUT2D eigenvalue weighted by molar-refractivity contribution is -0.145. The van der Waals surface area contributed by atoms with Crippen LogP contribution in [0.4, 0.5) is 0 Å². The molecule has 1 aromatic carbocycles. The molecule has 5 nitrogen and oxygen atoms in total. The molecule has 3 rings (SSSR count). The SMILES string of the molecule is CC1(C(=O)O)NCC(NOCc2ccccc2)c2ccsc21. The van der Waals surface area contributed by atoms with Gasteiger partial charge in [-0.1, -0.05) is 30.3 Å². The van der Waals surface area contributed by atoms with E-state index in [9.17, 15) is 9.90 Å². The highest BCUT2D eigenvalue weighted by Gasteiger charge is 2.43. The number of aliphatic carboxylic acids is 1. The van der Waals surface area contributed by atoms with Crippen LogP contribution in [0.25, 0.3) is 0 Å². The number of benzene rings is 1. The summed E-state index contributed by atoms with van der Waals surface area (Å²) in [5.74, 6) is -0.861. The molecule has 1 aromatic heterocycles. The van der Waals surface area contributed by atoms with Gasteiger partial charge in [-0.15, -0.1) is 11.3 Å². The third-order valence-corrected chi connectivity index (χ3v) is 5.07. The Morgan fingerprint density at radius 3 is 2.95 bits per heavy atom. The second-order valence-corrected chi connectivity index (χ2v) is 6.38. The summed E-state index contributed by atoms with van der Waals surface area (Å²) in [6, 6.07) is 11.8. The van der Waals surface area contributed by atoms with Crippen molar-refractivity contribution in [2.75, 3.05) is 6.54 Å². The molecule has 6 heteroatoms. The zero-order valence-electron chi connectivity index (χ0n) is 12.2. The Bertz CT molecular complexity index is 658. The molecule has 0 fully saturated rings. The van der Waals surface area contributed by atoms with Crippen molar-refractivity contribution < 1.29 is 14.7 Å². The summed E-state index contributed by atoms with van der Waals surface area (Å²) in [5, 5.41) is 14.5. The van der Waals surface area contributed by atoms with E-state index in [0.717, 1.165) is 16.0 Å². The van der Waals surface area contributed by atoms with Crippen LogP contribution in [-0.4, -0.2) is 17.6 Å². The Morgan fingerprint density at radius 2 is 2.23 bits per heavy atom. The molecule has 0 bridgehead atoms. The summed E-state index contributed by atoms with van der Waals surface area (Å²) in [6.07, 6.45) is 0. The predicted molar refractivity (Wildman–Crippen MR) is 84.4 cm³/mol. The minimum atomic E-state index is -1.03. The third kappa shape index (κ3) is 2.78. The van der Waals surface area contributed by atoms with Gasteiger partial charge in [-0.05, 0) is 29.5 Å². The molecule has 0 radical (unpaired) electrons. The first kappa shape index (κ1) is 15.2. The Hall–Kier alpha value is -1.73. The van der Waals surface area contributed by atoms with E-state index in [-0.39, 0.29) is 6.04 Å². The molecule has 22 heavy (non-hydrogen) atoms. The summed E-state index contributed by atoms with van der Waals surface area (Å²) in [6.45, 7) is 2.67. The molecule has 2 unspecified atom stereocenters. The molecule has 0 saturated heterocycles. The van der Waals surface area contributed by atoms with Gasteiger partial charge in [0, 0.05) is 11.4 Å². The Kier molecular flexibility index (Phi) is 4.26. The van der Waals surface area contributed by atoms with Crippen LogP contribution in [0, 0.1) is 0 Å². The first-order valence-corrected chi connectivity index (χ1v) is 7.97. The summed E-state index contributed by atoms with van der Waals surface area (Å²) < 4.78 is 0. The Balaban J connectivity index is 1.68. The molecular weight excluding hydrogens is 300 g/mol. The molecule has 0 spiro atoms. The number of carbonyl (C=O) groups is 1. The largest absolute Gasteiger partial charge is 0.480 e. The smallest absolute Gasteiger partial charge is 0.329 e. The molecule has 3 N–H and O–H groups in total. The van der Waals surface area contributed by atoms with Crippen LogP contribution in [0.3, 0.4) is 0 Å². The molecule has 2 atom stereocenters. The van der Waals surface area contributed by atoms with Crippen LogP contribution < -0.4 is 10.8 Å². The van der Waals surface area contributed by atoms with E-state index in [0.29, 0.717) is 13.2 Å². The first-order valence-electron chi connectivity index (χ1n) is 7.09. The molecule has 0 amide bonds. The van der Waals surface area contributed by atoms with Gasteiger partial charge in [-0.2, -0.15) is 5.48 Å². The predicted octanol–water partition coefficient (Wildman–Crippen LogP) is 2.41. The van der Waals surface area contributed by atoms with Gasteiger partial charge in [0.1, 0.15) is 5.54 Å². The van der Waals surface area contributed by atoms with Crippen LogP contribution in [-0.2, 0) is 21.8 Å². The first-order chi connectivity index (χ1) is 10.6. The van der Waals surface area contributed by atoms with Crippen molar-refractivity contribution in [3.8, 4) is 0 Å². The number of hydrogen-bond donors (Lipinski definition) is 3. The number of hydrogen-bond acceptors (Lipinski definition) is 5. The lowest BCUT2D eigenvalue weighted by Gasteiger charge is -2.35. The number of carboxylic acid groups (broad SMARTS) is 1. The van der Waals surface area contributed by atoms with Gasteiger partial charge >= 0.3 is 5.97 Å². The number of thiophene rings is 1. The topological polar surface area (TPSA) is 70.6 Å². The molecule has 0 saturated carbocycles. The number of carboxylic acids is 1. The van der Waals surface area contributed by atoms with Gasteiger partial charge in [-0.3, -0.25) is 10.2 Å². The van der Waals surface area contributed by atoms with Crippen molar-refractivity contribution in [3.63, 3.8) is 0 Å². The van der Waals surface area contributed by atoms with Gasteiger partial charge in [0.05, 0.1) is 12.6 Å². The number of rotatable bonds is 5. The fourth-order valence-electron chi connectivity index (χ4n) is 2.57. The van der Waals surface area contributed by atoms with Crippen molar-refractivity contribution in [1.82, 2.24) is 10.8 Å². The lowest BCUT2D eigenvalue weighted by atomic mass is 9.89. The van der Waals surface area contributed by atoms with Crippen LogP contribution in [0.1, 0.15) is 29.0 Å². The normalized spacial score (nSPS) is 24.0. The van der Waals surface area contributed by atoms with E-state index < -0.39 is 11.5 Å². The van der Waals surface area contributed by atoms with E-state index in [4.69, 9.17) is 4.84 Å². The lowest BCUT2D eigenvalue weighted by Crippen LogP contribution is -2.53. The summed E-state index contributed by atoms with van der Waals surface area (Å²) in [4.78, 5) is 17.9. The number of fused-ring (bicyclic) bond motifs is 1. The van der Waals surface area contributed by atoms with Gasteiger partial charge in [0.25, 0.3) is 0 Å². The molecule has 0 aliphatic carbocycles. The van der Waals surface area contributed by atoms with Gasteiger partial charge in [-0.25, -0.2) is 4.79 Å². The highest BCUT2D eigenvalue weighted by Crippen LogP contribution is 2.37. The zero-order valence-corrected chi connectivity index (χ0v) is 13.0. The molecule has 2 aromatic rings. The van der Waals surface area contributed by atoms with Crippen molar-refractivity contribution in [2.24, 2.45) is 0 Å². The maximum absolute atomic E-state index is 11.5. The maximum Gasteiger partial charge on any atom is 0.329 e. The molecule has 2 heterocycles. The second kappa shape index (κ2) is 6.18. The van der Waals surface area contributed by atoms with E-state index in [1.165, 1.54) is 11.3 Å². The Morgan fingerprint density at radius 1 is 1.45 bits per heavy atom. The van der Waals surface area contributed by atoms with Gasteiger partial charge in [0.15, 0.2) is 0 Å². The van der Waals surface area contributed by atoms with Crippen LogP contribution in [0.2, 0.25) is 0 Å². The summed E-state index contributed by atoms with van der Waals surface area (Å²) in [7, 11) is 0. The molecule has 1 aliphatic rings. The third-order valence-electron chi connectivity index (χ3n) is 3.92. The monoisotopic (exact) mass is 318 g/mol. The van der Waals surface area contributed by atoms with Gasteiger partial charge in [0.2, 0.25) is 0 Å². The quantitative estimate of drug-likeness (QED) is 0.739. The molecule has 1 aliphatic heterocycles. The van der Waals surface area contributed by atoms with E-state index >= 15 is 0 Å². The van der Waals surface area contributed by atoms with E-state index in [1.54, 1.807) is 6.92 Å². The van der Waals surface area contributed by atoms with Crippen molar-refractivity contribution in [1.29, 1.82) is 0 Å². The van der Waals surface area contributed by atoms with Gasteiger partial charge < -0.3 is 5.11 Å². The highest BCUT2D eigenvalue weighted by atomic mass is 32.1. The van der Waals surface area contributed by atoms with Crippen LogP contribution in [0.5, 0.6) is 0 Å². The van der Waals surface area contributed by atoms with E-state index in [2.05, 4.69) is 10.8 Å². The average Bonchev–Trinajstić information content (AvgIpc) is 3.01. The fraction of sp³-hybridized carbons (Fsp3) is 0.312. The minimum Gasteiger partial charge on any atom is -0.480 e. The summed E-state index contributed by atoms with van der Waals surface area (Å²) >= 11 is 1.46. The fourth-order valence-corrected chi connectivity index (χ4v) is 3.67. The number of hydroxylamine groups is 1. The molecule has 116 valence electrons. The molecular formula is C16H18N2O3S. The summed E-state index contributed by atoms with van der Waals surface area (Å²) in [5.41, 5.74) is 4.08. The average molecular weight is 318 g/mol. The minimum absolute atomic E-state index is 0.0580. The number of nitrogens with one attached hydrogen (secondary N) is 2. The van der Waals surface area contributed by atoms with Crippen molar-refractivity contribution >= 4 is 17.3 Å². The van der Waals surface area contributed by atoms with E-state index in [1.807, 2.05) is 41.8 Å². The Labute approximate surface area is 132 Å². The maximum atomic E-state index is 11.5. The van der Waals surface area contributed by atoms with Crippen molar-refractivity contribution in [3.05, 3.63) is 57.8 Å². The zero-order chi connectivity index (χ0) is 15.6. The van der Waals surface area contributed by atoms with Crippen LogP contribution in [0.15, 0.2) is 41.8 Å². The second-order valence-electron chi connectivity index (χ2n) is 5.46. The standard InChI is InChI=1S/C16H18N2O3S/c1-16(15(19)20)14-12(7-8-22-14)13(9-17-16)18-21-10-11-5-3-2-4-6-11/h2-8,13,17-18H,9-10H2,1H3,(H,19,20). The highest BCUT2D eigenvalue weighted by molar-refractivity contribution is 7.10. The van der Waals surface area contributed by atoms with Crippen LogP contribution >= 0.6 is 11.3 Å².